The Morgan fingerprint density at radius 2 is 2.22 bits per heavy atom. The molecule has 1 aliphatic carbocycles. The fourth-order valence-electron chi connectivity index (χ4n) is 2.21. The van der Waals surface area contributed by atoms with Crippen LogP contribution in [0.2, 0.25) is 0 Å². The summed E-state index contributed by atoms with van der Waals surface area (Å²) in [6.45, 7) is 1.10. The second-order valence-corrected chi connectivity index (χ2v) is 4.75. The Morgan fingerprint density at radius 1 is 1.44 bits per heavy atom. The van der Waals surface area contributed by atoms with Crippen LogP contribution in [0.1, 0.15) is 36.2 Å². The molecule has 2 rings (SSSR count). The van der Waals surface area contributed by atoms with Crippen molar-refractivity contribution in [2.45, 2.75) is 37.8 Å². The van der Waals surface area contributed by atoms with Gasteiger partial charge < -0.3 is 20.8 Å². The number of hydrogen-bond acceptors (Lipinski definition) is 3. The number of carbonyl (C=O) groups is 1. The summed E-state index contributed by atoms with van der Waals surface area (Å²) in [5.74, 6) is -0.0886. The van der Waals surface area contributed by atoms with E-state index in [1.54, 1.807) is 18.3 Å². The third kappa shape index (κ3) is 3.85. The summed E-state index contributed by atoms with van der Waals surface area (Å²) in [5.41, 5.74) is 6.41. The quantitative estimate of drug-likeness (QED) is 0.684. The van der Waals surface area contributed by atoms with Crippen molar-refractivity contribution in [1.82, 2.24) is 10.3 Å². The zero-order chi connectivity index (χ0) is 12.8. The number of amides is 1. The van der Waals surface area contributed by atoms with E-state index in [1.807, 2.05) is 0 Å². The van der Waals surface area contributed by atoms with Gasteiger partial charge in [-0.15, -0.1) is 0 Å². The molecule has 0 aliphatic heterocycles. The molecule has 18 heavy (non-hydrogen) atoms. The molecule has 5 nitrogen and oxygen atoms in total. The van der Waals surface area contributed by atoms with Gasteiger partial charge >= 0.3 is 0 Å². The summed E-state index contributed by atoms with van der Waals surface area (Å²) in [5, 5.41) is 2.81. The van der Waals surface area contributed by atoms with E-state index < -0.39 is 0 Å². The van der Waals surface area contributed by atoms with Crippen LogP contribution in [0.15, 0.2) is 18.3 Å². The lowest BCUT2D eigenvalue weighted by atomic mass is 9.94. The van der Waals surface area contributed by atoms with Gasteiger partial charge in [0.25, 0.3) is 5.91 Å². The van der Waals surface area contributed by atoms with Crippen LogP contribution in [0.5, 0.6) is 0 Å². The lowest BCUT2D eigenvalue weighted by Crippen LogP contribution is -2.33. The monoisotopic (exact) mass is 251 g/mol. The van der Waals surface area contributed by atoms with Crippen LogP contribution in [0, 0.1) is 0 Å². The number of rotatable bonds is 5. The Hall–Kier alpha value is -1.33. The number of aromatic amines is 1. The van der Waals surface area contributed by atoms with Gasteiger partial charge in [-0.2, -0.15) is 0 Å². The van der Waals surface area contributed by atoms with E-state index in [1.165, 1.54) is 0 Å². The van der Waals surface area contributed by atoms with Gasteiger partial charge in [0.2, 0.25) is 0 Å². The average molecular weight is 251 g/mol. The molecule has 1 saturated carbocycles. The number of aromatic nitrogens is 1. The van der Waals surface area contributed by atoms with Crippen LogP contribution >= 0.6 is 0 Å². The number of ether oxygens (including phenoxy) is 1. The molecular formula is C13H21N3O2. The van der Waals surface area contributed by atoms with Crippen molar-refractivity contribution in [3.05, 3.63) is 24.0 Å². The molecule has 0 spiro atoms. The predicted octanol–water partition coefficient (Wildman–Crippen LogP) is 1.03. The number of nitrogens with two attached hydrogens (primary N) is 1. The zero-order valence-electron chi connectivity index (χ0n) is 10.5. The highest BCUT2D eigenvalue weighted by Gasteiger charge is 2.18. The highest BCUT2D eigenvalue weighted by molar-refractivity contribution is 5.92. The van der Waals surface area contributed by atoms with Crippen molar-refractivity contribution in [2.75, 3.05) is 13.2 Å². The number of H-pyrrole nitrogens is 1. The maximum atomic E-state index is 11.6. The lowest BCUT2D eigenvalue weighted by Gasteiger charge is -2.26. The summed E-state index contributed by atoms with van der Waals surface area (Å²) in [4.78, 5) is 14.5. The maximum absolute atomic E-state index is 11.6. The maximum Gasteiger partial charge on any atom is 0.267 e. The van der Waals surface area contributed by atoms with Gasteiger partial charge in [-0.3, -0.25) is 4.79 Å². The molecule has 1 aromatic heterocycles. The van der Waals surface area contributed by atoms with Crippen molar-refractivity contribution >= 4 is 5.91 Å². The molecule has 0 bridgehead atoms. The molecular weight excluding hydrogens is 230 g/mol. The lowest BCUT2D eigenvalue weighted by molar-refractivity contribution is 0.0267. The molecule has 0 unspecified atom stereocenters. The molecule has 5 heteroatoms. The predicted molar refractivity (Wildman–Crippen MR) is 69.3 cm³/mol. The van der Waals surface area contributed by atoms with E-state index in [9.17, 15) is 4.79 Å². The highest BCUT2D eigenvalue weighted by atomic mass is 16.5. The number of nitrogens with one attached hydrogen (secondary N) is 2. The zero-order valence-corrected chi connectivity index (χ0v) is 10.5. The Labute approximate surface area is 107 Å². The number of hydrogen-bond donors (Lipinski definition) is 3. The Morgan fingerprint density at radius 3 is 2.89 bits per heavy atom. The van der Waals surface area contributed by atoms with E-state index in [-0.39, 0.29) is 5.91 Å². The summed E-state index contributed by atoms with van der Waals surface area (Å²) >= 11 is 0. The van der Waals surface area contributed by atoms with Crippen LogP contribution in [-0.2, 0) is 4.74 Å². The average Bonchev–Trinajstić information content (AvgIpc) is 2.90. The highest BCUT2D eigenvalue weighted by Crippen LogP contribution is 2.19. The van der Waals surface area contributed by atoms with Gasteiger partial charge in [0.1, 0.15) is 5.69 Å². The first-order valence-corrected chi connectivity index (χ1v) is 6.54. The second kappa shape index (κ2) is 6.56. The summed E-state index contributed by atoms with van der Waals surface area (Å²) in [6.07, 6.45) is 6.19. The minimum absolute atomic E-state index is 0.0886. The fourth-order valence-corrected chi connectivity index (χ4v) is 2.21. The number of carbonyl (C=O) groups excluding carboxylic acids is 1. The summed E-state index contributed by atoms with van der Waals surface area (Å²) in [7, 11) is 0. The van der Waals surface area contributed by atoms with Crippen LogP contribution in [-0.4, -0.2) is 36.2 Å². The molecule has 4 N–H and O–H groups in total. The van der Waals surface area contributed by atoms with E-state index in [4.69, 9.17) is 10.5 Å². The van der Waals surface area contributed by atoms with E-state index in [2.05, 4.69) is 10.3 Å². The Kier molecular flexibility index (Phi) is 4.78. The van der Waals surface area contributed by atoms with Gasteiger partial charge in [0.15, 0.2) is 0 Å². The Bertz CT molecular complexity index is 356. The van der Waals surface area contributed by atoms with Crippen molar-refractivity contribution in [3.63, 3.8) is 0 Å². The van der Waals surface area contributed by atoms with Gasteiger partial charge in [0.05, 0.1) is 12.7 Å². The van der Waals surface area contributed by atoms with Crippen molar-refractivity contribution in [3.8, 4) is 0 Å². The normalized spacial score (nSPS) is 23.8. The minimum Gasteiger partial charge on any atom is -0.376 e. The molecule has 100 valence electrons. The fraction of sp³-hybridized carbons (Fsp3) is 0.615. The van der Waals surface area contributed by atoms with E-state index in [0.717, 1.165) is 25.7 Å². The van der Waals surface area contributed by atoms with Gasteiger partial charge in [-0.05, 0) is 37.8 Å². The molecule has 0 atom stereocenters. The van der Waals surface area contributed by atoms with Crippen molar-refractivity contribution in [2.24, 2.45) is 5.73 Å². The first kappa shape index (κ1) is 13.1. The molecule has 1 aromatic rings. The van der Waals surface area contributed by atoms with Gasteiger partial charge in [0, 0.05) is 18.8 Å². The molecule has 1 amide bonds. The summed E-state index contributed by atoms with van der Waals surface area (Å²) < 4.78 is 5.72. The molecule has 1 heterocycles. The Balaban J connectivity index is 1.57. The van der Waals surface area contributed by atoms with Gasteiger partial charge in [-0.25, -0.2) is 0 Å². The molecule has 0 aromatic carbocycles. The van der Waals surface area contributed by atoms with Crippen LogP contribution in [0.25, 0.3) is 0 Å². The van der Waals surface area contributed by atoms with Crippen LogP contribution in [0.4, 0.5) is 0 Å². The third-order valence-corrected chi connectivity index (χ3v) is 3.30. The molecule has 0 radical (unpaired) electrons. The molecule has 1 fully saturated rings. The van der Waals surface area contributed by atoms with Crippen LogP contribution < -0.4 is 11.1 Å². The van der Waals surface area contributed by atoms with Crippen LogP contribution in [0.3, 0.4) is 0 Å². The van der Waals surface area contributed by atoms with Gasteiger partial charge in [-0.1, -0.05) is 0 Å². The topological polar surface area (TPSA) is 80.1 Å². The van der Waals surface area contributed by atoms with E-state index >= 15 is 0 Å². The molecule has 1 aliphatic rings. The second-order valence-electron chi connectivity index (χ2n) is 4.75. The smallest absolute Gasteiger partial charge is 0.267 e. The first-order chi connectivity index (χ1) is 8.75. The third-order valence-electron chi connectivity index (χ3n) is 3.30. The first-order valence-electron chi connectivity index (χ1n) is 6.54. The standard InChI is InChI=1S/C13H21N3O2/c14-10-3-5-11(6-4-10)18-9-8-16-13(17)12-2-1-7-15-12/h1-2,7,10-11,15H,3-6,8-9,14H2,(H,16,17). The minimum atomic E-state index is -0.0886. The SMILES string of the molecule is NC1CCC(OCCNC(=O)c2ccc[nH]2)CC1. The van der Waals surface area contributed by atoms with E-state index in [0.29, 0.717) is 31.0 Å². The van der Waals surface area contributed by atoms with Crippen molar-refractivity contribution < 1.29 is 9.53 Å². The van der Waals surface area contributed by atoms with Crippen molar-refractivity contribution in [1.29, 1.82) is 0 Å². The largest absolute Gasteiger partial charge is 0.376 e. The molecule has 0 saturated heterocycles. The summed E-state index contributed by atoms with van der Waals surface area (Å²) in [6, 6.07) is 3.90.